The molecule has 3 heterocycles. The van der Waals surface area contributed by atoms with Gasteiger partial charge in [-0.1, -0.05) is 11.3 Å². The maximum atomic E-state index is 11.8. The SMILES string of the molecule is Cc1cc(C)n(C[C@@H]2CN(c3sc(S(C)(=O)=O)cc3[N+](=O)[O-])CCO2)n1. The topological polar surface area (TPSA) is 108 Å². The molecule has 1 atom stereocenters. The number of hydrogen-bond acceptors (Lipinski definition) is 8. The van der Waals surface area contributed by atoms with Crippen LogP contribution in [0.5, 0.6) is 0 Å². The molecule has 0 radical (unpaired) electrons. The predicted molar refractivity (Wildman–Crippen MR) is 97.7 cm³/mol. The normalized spacial score (nSPS) is 18.3. The molecule has 0 N–H and O–H groups in total. The van der Waals surface area contributed by atoms with Gasteiger partial charge in [-0.05, 0) is 19.9 Å². The van der Waals surface area contributed by atoms with Gasteiger partial charge in [0.2, 0.25) is 0 Å². The number of hydrogen-bond donors (Lipinski definition) is 0. The predicted octanol–water partition coefficient (Wildman–Crippen LogP) is 1.78. The Kier molecular flexibility index (Phi) is 5.04. The monoisotopic (exact) mass is 400 g/mol. The fourth-order valence-corrected chi connectivity index (χ4v) is 5.02. The molecule has 3 rings (SSSR count). The molecule has 0 amide bonds. The highest BCUT2D eigenvalue weighted by Gasteiger charge is 2.31. The van der Waals surface area contributed by atoms with Crippen LogP contribution in [0.4, 0.5) is 10.7 Å². The van der Waals surface area contributed by atoms with Gasteiger partial charge >= 0.3 is 5.69 Å². The standard InChI is InChI=1S/C15H20N4O5S2/c1-10-6-11(2)18(16-10)9-12-8-17(4-5-24-12)15-13(19(20)21)7-14(25-15)26(3,22)23/h6-7,12H,4-5,8-9H2,1-3H3/t12-/m0/s1. The van der Waals surface area contributed by atoms with Crippen LogP contribution in [-0.4, -0.2) is 55.2 Å². The number of thiophene rings is 1. The highest BCUT2D eigenvalue weighted by Crippen LogP contribution is 2.40. The molecular formula is C15H20N4O5S2. The summed E-state index contributed by atoms with van der Waals surface area (Å²) in [4.78, 5) is 12.7. The summed E-state index contributed by atoms with van der Waals surface area (Å²) in [5.74, 6) is 0. The molecule has 1 saturated heterocycles. The first-order valence-corrected chi connectivity index (χ1v) is 10.7. The van der Waals surface area contributed by atoms with E-state index in [1.807, 2.05) is 29.5 Å². The summed E-state index contributed by atoms with van der Waals surface area (Å²) in [6.45, 7) is 5.73. The zero-order chi connectivity index (χ0) is 19.1. The lowest BCUT2D eigenvalue weighted by molar-refractivity contribution is -0.383. The van der Waals surface area contributed by atoms with Crippen molar-refractivity contribution < 1.29 is 18.1 Å². The van der Waals surface area contributed by atoms with Gasteiger partial charge < -0.3 is 9.64 Å². The Balaban J connectivity index is 1.84. The third kappa shape index (κ3) is 3.89. The molecule has 0 aliphatic carbocycles. The van der Waals surface area contributed by atoms with Crippen LogP contribution in [-0.2, 0) is 21.1 Å². The van der Waals surface area contributed by atoms with E-state index in [9.17, 15) is 18.5 Å². The molecule has 1 aliphatic rings. The first kappa shape index (κ1) is 18.8. The van der Waals surface area contributed by atoms with Gasteiger partial charge in [0.25, 0.3) is 0 Å². The molecule has 0 saturated carbocycles. The van der Waals surface area contributed by atoms with Crippen molar-refractivity contribution in [2.75, 3.05) is 30.9 Å². The number of rotatable bonds is 5. The van der Waals surface area contributed by atoms with Crippen LogP contribution >= 0.6 is 11.3 Å². The van der Waals surface area contributed by atoms with Crippen molar-refractivity contribution in [1.82, 2.24) is 9.78 Å². The Bertz CT molecular complexity index is 934. The lowest BCUT2D eigenvalue weighted by Crippen LogP contribution is -2.44. The summed E-state index contributed by atoms with van der Waals surface area (Å²) in [5.41, 5.74) is 1.76. The fourth-order valence-electron chi connectivity index (χ4n) is 2.96. The lowest BCUT2D eigenvalue weighted by Gasteiger charge is -2.33. The maximum Gasteiger partial charge on any atom is 0.305 e. The van der Waals surface area contributed by atoms with Gasteiger partial charge in [0, 0.05) is 31.1 Å². The summed E-state index contributed by atoms with van der Waals surface area (Å²) in [7, 11) is -3.50. The second-order valence-corrected chi connectivity index (χ2v) is 9.61. The van der Waals surface area contributed by atoms with Crippen molar-refractivity contribution in [2.45, 2.75) is 30.7 Å². The van der Waals surface area contributed by atoms with E-state index < -0.39 is 14.8 Å². The van der Waals surface area contributed by atoms with Crippen molar-refractivity contribution in [3.05, 3.63) is 33.6 Å². The number of aromatic nitrogens is 2. The molecule has 0 spiro atoms. The third-order valence-electron chi connectivity index (χ3n) is 4.14. The Morgan fingerprint density at radius 3 is 2.73 bits per heavy atom. The first-order valence-electron chi connectivity index (χ1n) is 8.01. The van der Waals surface area contributed by atoms with Crippen molar-refractivity contribution in [1.29, 1.82) is 0 Å². The van der Waals surface area contributed by atoms with Gasteiger partial charge in [-0.2, -0.15) is 5.10 Å². The van der Waals surface area contributed by atoms with Crippen molar-refractivity contribution in [2.24, 2.45) is 0 Å². The molecule has 0 bridgehead atoms. The molecular weight excluding hydrogens is 380 g/mol. The Labute approximate surface area is 155 Å². The Morgan fingerprint density at radius 1 is 1.42 bits per heavy atom. The average molecular weight is 400 g/mol. The van der Waals surface area contributed by atoms with Crippen LogP contribution in [0.25, 0.3) is 0 Å². The van der Waals surface area contributed by atoms with Gasteiger partial charge in [-0.3, -0.25) is 14.8 Å². The van der Waals surface area contributed by atoms with Crippen molar-refractivity contribution >= 4 is 31.9 Å². The van der Waals surface area contributed by atoms with E-state index >= 15 is 0 Å². The maximum absolute atomic E-state index is 11.8. The summed E-state index contributed by atoms with van der Waals surface area (Å²) >= 11 is 0.935. The zero-order valence-corrected chi connectivity index (χ0v) is 16.3. The zero-order valence-electron chi connectivity index (χ0n) is 14.7. The number of sulfone groups is 1. The van der Waals surface area contributed by atoms with Gasteiger partial charge in [0.1, 0.15) is 4.21 Å². The van der Waals surface area contributed by atoms with E-state index in [2.05, 4.69) is 5.10 Å². The van der Waals surface area contributed by atoms with E-state index in [-0.39, 0.29) is 16.0 Å². The van der Waals surface area contributed by atoms with Gasteiger partial charge in [0.05, 0.1) is 29.9 Å². The summed E-state index contributed by atoms with van der Waals surface area (Å²) in [6, 6.07) is 3.11. The third-order valence-corrected chi connectivity index (χ3v) is 7.13. The van der Waals surface area contributed by atoms with Crippen LogP contribution in [0, 0.1) is 24.0 Å². The van der Waals surface area contributed by atoms with Crippen LogP contribution in [0.1, 0.15) is 11.4 Å². The molecule has 26 heavy (non-hydrogen) atoms. The number of nitro groups is 1. The lowest BCUT2D eigenvalue weighted by atomic mass is 10.2. The molecule has 1 fully saturated rings. The Hall–Kier alpha value is -1.98. The molecule has 0 aromatic carbocycles. The fraction of sp³-hybridized carbons (Fsp3) is 0.533. The van der Waals surface area contributed by atoms with E-state index in [1.54, 1.807) is 0 Å². The van der Waals surface area contributed by atoms with E-state index in [0.717, 1.165) is 35.0 Å². The van der Waals surface area contributed by atoms with Gasteiger partial charge in [-0.25, -0.2) is 8.42 Å². The van der Waals surface area contributed by atoms with Gasteiger partial charge in [-0.15, -0.1) is 0 Å². The number of ether oxygens (including phenoxy) is 1. The van der Waals surface area contributed by atoms with Crippen LogP contribution in [0.3, 0.4) is 0 Å². The summed E-state index contributed by atoms with van der Waals surface area (Å²) < 4.78 is 31.2. The second kappa shape index (κ2) is 6.97. The van der Waals surface area contributed by atoms with Gasteiger partial charge in [0.15, 0.2) is 14.8 Å². The molecule has 9 nitrogen and oxygen atoms in total. The van der Waals surface area contributed by atoms with E-state index in [1.165, 1.54) is 0 Å². The molecule has 11 heteroatoms. The molecule has 2 aromatic heterocycles. The number of morpholine rings is 1. The number of anilines is 1. The average Bonchev–Trinajstić information content (AvgIpc) is 3.11. The second-order valence-electron chi connectivity index (χ2n) is 6.33. The smallest absolute Gasteiger partial charge is 0.305 e. The minimum absolute atomic E-state index is 0.000729. The van der Waals surface area contributed by atoms with Crippen molar-refractivity contribution in [3.63, 3.8) is 0 Å². The molecule has 0 unspecified atom stereocenters. The van der Waals surface area contributed by atoms with E-state index in [4.69, 9.17) is 4.74 Å². The molecule has 1 aliphatic heterocycles. The highest BCUT2D eigenvalue weighted by molar-refractivity contribution is 7.92. The minimum atomic E-state index is -3.50. The van der Waals surface area contributed by atoms with Crippen LogP contribution < -0.4 is 4.90 Å². The highest BCUT2D eigenvalue weighted by atomic mass is 32.2. The summed E-state index contributed by atoms with van der Waals surface area (Å²) in [6.07, 6.45) is 0.863. The molecule has 142 valence electrons. The van der Waals surface area contributed by atoms with Crippen LogP contribution in [0.2, 0.25) is 0 Å². The minimum Gasteiger partial charge on any atom is -0.373 e. The number of aryl methyl sites for hydroxylation is 2. The van der Waals surface area contributed by atoms with E-state index in [0.29, 0.717) is 31.2 Å². The first-order chi connectivity index (χ1) is 12.1. The van der Waals surface area contributed by atoms with Crippen LogP contribution in [0.15, 0.2) is 16.3 Å². The molecule has 2 aromatic rings. The quantitative estimate of drug-likeness (QED) is 0.556. The summed E-state index contributed by atoms with van der Waals surface area (Å²) in [5, 5.41) is 16.1. The van der Waals surface area contributed by atoms with Crippen molar-refractivity contribution in [3.8, 4) is 0 Å². The Morgan fingerprint density at radius 2 is 2.15 bits per heavy atom. The largest absolute Gasteiger partial charge is 0.373 e. The number of nitrogens with zero attached hydrogens (tertiary/aromatic N) is 4.